The Hall–Kier alpha value is -4.03. The lowest BCUT2D eigenvalue weighted by molar-refractivity contribution is -0.138. The van der Waals surface area contributed by atoms with Crippen LogP contribution in [0.2, 0.25) is 0 Å². The van der Waals surface area contributed by atoms with E-state index >= 15 is 0 Å². The van der Waals surface area contributed by atoms with Gasteiger partial charge in [0.25, 0.3) is 0 Å². The summed E-state index contributed by atoms with van der Waals surface area (Å²) in [6.45, 7) is 1.86. The maximum Gasteiger partial charge on any atom is 0.417 e. The number of hydrogen-bond acceptors (Lipinski definition) is 7. The number of benzene rings is 1. The molecular weight excluding hydrogens is 487 g/mol. The molecule has 1 saturated carbocycles. The molecule has 37 heavy (non-hydrogen) atoms. The predicted octanol–water partition coefficient (Wildman–Crippen LogP) is 3.44. The SMILES string of the molecule is O=C(C1CCC(Nc2nccc(-n3ncc4c(C(F)(F)F)cccc43)n2)CC1)N1CCn2cnnc2C1. The normalized spacial score (nSPS) is 20.1. The first-order valence-corrected chi connectivity index (χ1v) is 12.2. The predicted molar refractivity (Wildman–Crippen MR) is 126 cm³/mol. The van der Waals surface area contributed by atoms with E-state index in [1.807, 2.05) is 9.47 Å². The van der Waals surface area contributed by atoms with Crippen LogP contribution >= 0.6 is 0 Å². The first-order chi connectivity index (χ1) is 17.9. The number of alkyl halides is 3. The minimum absolute atomic E-state index is 0.0139. The summed E-state index contributed by atoms with van der Waals surface area (Å²) in [5.74, 6) is 1.69. The summed E-state index contributed by atoms with van der Waals surface area (Å²) in [5.41, 5.74) is -0.420. The van der Waals surface area contributed by atoms with Crippen molar-refractivity contribution in [2.75, 3.05) is 11.9 Å². The maximum absolute atomic E-state index is 13.4. The molecule has 4 heterocycles. The number of aromatic nitrogens is 7. The Morgan fingerprint density at radius 1 is 1.08 bits per heavy atom. The van der Waals surface area contributed by atoms with Gasteiger partial charge in [0.2, 0.25) is 11.9 Å². The zero-order chi connectivity index (χ0) is 25.6. The van der Waals surface area contributed by atoms with Crippen molar-refractivity contribution in [2.45, 2.75) is 51.0 Å². The molecule has 0 saturated heterocycles. The van der Waals surface area contributed by atoms with Gasteiger partial charge in [-0.25, -0.2) is 9.67 Å². The quantitative estimate of drug-likeness (QED) is 0.447. The monoisotopic (exact) mass is 511 g/mol. The summed E-state index contributed by atoms with van der Waals surface area (Å²) < 4.78 is 43.5. The summed E-state index contributed by atoms with van der Waals surface area (Å²) in [7, 11) is 0. The largest absolute Gasteiger partial charge is 0.417 e. The second kappa shape index (κ2) is 9.12. The lowest BCUT2D eigenvalue weighted by Crippen LogP contribution is -2.43. The van der Waals surface area contributed by atoms with E-state index in [2.05, 4.69) is 30.6 Å². The van der Waals surface area contributed by atoms with E-state index in [-0.39, 0.29) is 23.3 Å². The van der Waals surface area contributed by atoms with Crippen molar-refractivity contribution < 1.29 is 18.0 Å². The number of anilines is 1. The van der Waals surface area contributed by atoms with Gasteiger partial charge in [-0.1, -0.05) is 6.07 Å². The number of rotatable bonds is 4. The van der Waals surface area contributed by atoms with E-state index < -0.39 is 11.7 Å². The van der Waals surface area contributed by atoms with Crippen LogP contribution < -0.4 is 5.32 Å². The highest BCUT2D eigenvalue weighted by atomic mass is 19.4. The summed E-state index contributed by atoms with van der Waals surface area (Å²) in [6.07, 6.45) is 3.06. The lowest BCUT2D eigenvalue weighted by Gasteiger charge is -2.34. The lowest BCUT2D eigenvalue weighted by atomic mass is 9.85. The van der Waals surface area contributed by atoms with Crippen LogP contribution in [0.5, 0.6) is 0 Å². The fourth-order valence-electron chi connectivity index (χ4n) is 5.20. The molecule has 1 aliphatic heterocycles. The van der Waals surface area contributed by atoms with Gasteiger partial charge in [0.15, 0.2) is 11.6 Å². The Bertz CT molecular complexity index is 1440. The molecule has 192 valence electrons. The zero-order valence-corrected chi connectivity index (χ0v) is 19.8. The standard InChI is InChI=1S/C24H24F3N9O/c25-24(26,27)18-2-1-3-19-17(18)12-30-36(19)20-8-9-28-23(32-20)31-16-6-4-15(5-7-16)22(37)34-10-11-35-14-29-33-21(35)13-34/h1-3,8-9,12,14-16H,4-7,10-11,13H2,(H,28,31,32). The fourth-order valence-corrected chi connectivity index (χ4v) is 5.20. The van der Waals surface area contributed by atoms with Crippen LogP contribution in [0.25, 0.3) is 16.7 Å². The molecular formula is C24H24F3N9O. The number of fused-ring (bicyclic) bond motifs is 2. The molecule has 0 unspecified atom stereocenters. The second-order valence-electron chi connectivity index (χ2n) is 9.42. The molecule has 1 aromatic carbocycles. The minimum atomic E-state index is -4.47. The molecule has 6 rings (SSSR count). The van der Waals surface area contributed by atoms with E-state index in [4.69, 9.17) is 0 Å². The summed E-state index contributed by atoms with van der Waals surface area (Å²) in [6, 6.07) is 5.68. The maximum atomic E-state index is 13.4. The Morgan fingerprint density at radius 2 is 1.92 bits per heavy atom. The number of nitrogens with one attached hydrogen (secondary N) is 1. The van der Waals surface area contributed by atoms with Crippen LogP contribution in [0, 0.1) is 5.92 Å². The molecule has 0 atom stereocenters. The van der Waals surface area contributed by atoms with Gasteiger partial charge >= 0.3 is 6.18 Å². The molecule has 1 fully saturated rings. The Morgan fingerprint density at radius 3 is 2.73 bits per heavy atom. The number of carbonyl (C=O) groups excluding carboxylic acids is 1. The molecule has 13 heteroatoms. The van der Waals surface area contributed by atoms with Gasteiger partial charge in [0.1, 0.15) is 6.33 Å². The van der Waals surface area contributed by atoms with E-state index in [9.17, 15) is 18.0 Å². The summed E-state index contributed by atoms with van der Waals surface area (Å²) in [4.78, 5) is 23.7. The molecule has 0 radical (unpaired) electrons. The van der Waals surface area contributed by atoms with Gasteiger partial charge in [-0.3, -0.25) is 4.79 Å². The third-order valence-corrected chi connectivity index (χ3v) is 7.14. The van der Waals surface area contributed by atoms with Gasteiger partial charge in [-0.15, -0.1) is 10.2 Å². The summed E-state index contributed by atoms with van der Waals surface area (Å²) >= 11 is 0. The van der Waals surface area contributed by atoms with Gasteiger partial charge < -0.3 is 14.8 Å². The van der Waals surface area contributed by atoms with Crippen molar-refractivity contribution >= 4 is 22.8 Å². The second-order valence-corrected chi connectivity index (χ2v) is 9.42. The Kier molecular flexibility index (Phi) is 5.76. The van der Waals surface area contributed by atoms with Gasteiger partial charge in [0.05, 0.1) is 23.8 Å². The van der Waals surface area contributed by atoms with Crippen LogP contribution in [0.3, 0.4) is 0 Å². The average molecular weight is 512 g/mol. The van der Waals surface area contributed by atoms with Crippen LogP contribution in [-0.2, 0) is 24.1 Å². The molecule has 0 spiro atoms. The highest BCUT2D eigenvalue weighted by molar-refractivity contribution is 5.84. The smallest absolute Gasteiger partial charge is 0.351 e. The third-order valence-electron chi connectivity index (χ3n) is 7.14. The molecule has 1 amide bonds. The Labute approximate surface area is 209 Å². The van der Waals surface area contributed by atoms with Crippen LogP contribution in [0.4, 0.5) is 19.1 Å². The third kappa shape index (κ3) is 4.49. The molecule has 3 aromatic heterocycles. The van der Waals surface area contributed by atoms with Crippen molar-refractivity contribution in [3.8, 4) is 5.82 Å². The van der Waals surface area contributed by atoms with E-state index in [1.54, 1.807) is 24.7 Å². The zero-order valence-electron chi connectivity index (χ0n) is 19.8. The van der Waals surface area contributed by atoms with Gasteiger partial charge in [-0.2, -0.15) is 23.3 Å². The number of hydrogen-bond donors (Lipinski definition) is 1. The van der Waals surface area contributed by atoms with Gasteiger partial charge in [-0.05, 0) is 37.8 Å². The van der Waals surface area contributed by atoms with Crippen molar-refractivity contribution in [1.29, 1.82) is 0 Å². The average Bonchev–Trinajstić information content (AvgIpc) is 3.55. The topological polar surface area (TPSA) is 107 Å². The molecule has 1 aliphatic carbocycles. The van der Waals surface area contributed by atoms with Crippen LogP contribution in [-0.4, -0.2) is 57.9 Å². The van der Waals surface area contributed by atoms with E-state index in [1.165, 1.54) is 16.9 Å². The van der Waals surface area contributed by atoms with Crippen molar-refractivity contribution in [3.05, 3.63) is 54.4 Å². The van der Waals surface area contributed by atoms with Gasteiger partial charge in [0, 0.05) is 42.7 Å². The number of halogens is 3. The van der Waals surface area contributed by atoms with Crippen molar-refractivity contribution in [3.63, 3.8) is 0 Å². The molecule has 10 nitrogen and oxygen atoms in total. The molecule has 0 bridgehead atoms. The van der Waals surface area contributed by atoms with Crippen molar-refractivity contribution in [1.82, 2.24) is 39.4 Å². The molecule has 2 aliphatic rings. The van der Waals surface area contributed by atoms with Crippen molar-refractivity contribution in [2.24, 2.45) is 5.92 Å². The van der Waals surface area contributed by atoms with E-state index in [0.717, 1.165) is 37.6 Å². The number of nitrogens with zero attached hydrogens (tertiary/aromatic N) is 8. The van der Waals surface area contributed by atoms with Crippen LogP contribution in [0.15, 0.2) is 43.0 Å². The fraction of sp³-hybridized carbons (Fsp3) is 0.417. The van der Waals surface area contributed by atoms with E-state index in [0.29, 0.717) is 36.9 Å². The highest BCUT2D eigenvalue weighted by Gasteiger charge is 2.34. The minimum Gasteiger partial charge on any atom is -0.351 e. The first-order valence-electron chi connectivity index (χ1n) is 12.2. The number of carbonyl (C=O) groups is 1. The number of amides is 1. The first kappa shape index (κ1) is 23.4. The van der Waals surface area contributed by atoms with Crippen LogP contribution in [0.1, 0.15) is 37.1 Å². The Balaban J connectivity index is 1.11. The molecule has 4 aromatic rings. The molecule has 1 N–H and O–H groups in total. The highest BCUT2D eigenvalue weighted by Crippen LogP contribution is 2.35. The summed E-state index contributed by atoms with van der Waals surface area (Å²) in [5, 5.41) is 15.5.